The summed E-state index contributed by atoms with van der Waals surface area (Å²) in [5.41, 5.74) is 0.899. The minimum Gasteiger partial charge on any atom is -0.469 e. The van der Waals surface area contributed by atoms with Gasteiger partial charge in [0, 0.05) is 17.3 Å². The molecule has 1 aromatic carbocycles. The Hall–Kier alpha value is -1.91. The van der Waals surface area contributed by atoms with E-state index in [0.717, 1.165) is 5.56 Å². The van der Waals surface area contributed by atoms with Crippen molar-refractivity contribution >= 4 is 5.97 Å². The van der Waals surface area contributed by atoms with Gasteiger partial charge in [-0.1, -0.05) is 37.3 Å². The molecule has 0 saturated carbocycles. The predicted molar refractivity (Wildman–Crippen MR) is 66.7 cm³/mol. The maximum Gasteiger partial charge on any atom is 0.306 e. The molecule has 0 unspecified atom stereocenters. The van der Waals surface area contributed by atoms with Crippen molar-refractivity contribution in [2.75, 3.05) is 7.11 Å². The Morgan fingerprint density at radius 2 is 2.00 bits per heavy atom. The van der Waals surface area contributed by atoms with Crippen LogP contribution in [0.15, 0.2) is 30.3 Å². The molecule has 0 fully saturated rings. The third-order valence-electron chi connectivity index (χ3n) is 2.93. The van der Waals surface area contributed by atoms with E-state index in [4.69, 9.17) is 0 Å². The lowest BCUT2D eigenvalue weighted by atomic mass is 9.93. The molecule has 0 bridgehead atoms. The number of methoxy groups -OCH3 is 1. The van der Waals surface area contributed by atoms with Crippen molar-refractivity contribution in [1.29, 1.82) is 0 Å². The van der Waals surface area contributed by atoms with E-state index in [1.165, 1.54) is 7.11 Å². The molecule has 0 aliphatic carbocycles. The number of benzene rings is 1. The van der Waals surface area contributed by atoms with Gasteiger partial charge in [-0.3, -0.25) is 14.9 Å². The molecule has 0 spiro atoms. The molecule has 0 amide bonds. The molecular formula is C13H17NO4. The van der Waals surface area contributed by atoms with Crippen LogP contribution in [0.25, 0.3) is 0 Å². The molecule has 0 saturated heterocycles. The summed E-state index contributed by atoms with van der Waals surface area (Å²) in [6.07, 6.45) is 0.390. The van der Waals surface area contributed by atoms with Gasteiger partial charge in [-0.2, -0.15) is 0 Å². The van der Waals surface area contributed by atoms with Crippen LogP contribution in [0, 0.1) is 16.0 Å². The van der Waals surface area contributed by atoms with Gasteiger partial charge in [-0.15, -0.1) is 0 Å². The van der Waals surface area contributed by atoms with Gasteiger partial charge in [-0.05, 0) is 5.56 Å². The number of rotatable bonds is 6. The van der Waals surface area contributed by atoms with Crippen molar-refractivity contribution in [3.8, 4) is 0 Å². The number of hydrogen-bond donors (Lipinski definition) is 0. The van der Waals surface area contributed by atoms with Crippen molar-refractivity contribution in [2.24, 2.45) is 5.92 Å². The number of hydrogen-bond acceptors (Lipinski definition) is 4. The molecule has 0 aromatic heterocycles. The maximum absolute atomic E-state index is 11.2. The summed E-state index contributed by atoms with van der Waals surface area (Å²) >= 11 is 0. The number of nitro groups is 1. The summed E-state index contributed by atoms with van der Waals surface area (Å²) in [6, 6.07) is 8.48. The van der Waals surface area contributed by atoms with E-state index in [1.54, 1.807) is 6.92 Å². The molecule has 0 radical (unpaired) electrons. The standard InChI is InChI=1S/C13H17NO4/c1-10(8-13(15)18-2)12(14(16)17)9-11-6-4-3-5-7-11/h3-7,10,12H,8-9H2,1-2H3/t10-,12-/m0/s1. The fourth-order valence-corrected chi connectivity index (χ4v) is 1.82. The Morgan fingerprint density at radius 3 is 2.50 bits per heavy atom. The fraction of sp³-hybridized carbons (Fsp3) is 0.462. The predicted octanol–water partition coefficient (Wildman–Crippen LogP) is 2.07. The minimum atomic E-state index is -0.772. The van der Waals surface area contributed by atoms with E-state index in [2.05, 4.69) is 4.74 Å². The highest BCUT2D eigenvalue weighted by Crippen LogP contribution is 2.17. The average molecular weight is 251 g/mol. The second kappa shape index (κ2) is 6.74. The van der Waals surface area contributed by atoms with Crippen LogP contribution in [-0.2, 0) is 16.0 Å². The van der Waals surface area contributed by atoms with Gasteiger partial charge in [-0.25, -0.2) is 0 Å². The third kappa shape index (κ3) is 4.16. The minimum absolute atomic E-state index is 0.0645. The monoisotopic (exact) mass is 251 g/mol. The summed E-state index contributed by atoms with van der Waals surface area (Å²) in [6.45, 7) is 1.70. The Labute approximate surface area is 106 Å². The molecule has 0 heterocycles. The zero-order chi connectivity index (χ0) is 13.5. The maximum atomic E-state index is 11.2. The van der Waals surface area contributed by atoms with E-state index in [-0.39, 0.29) is 17.3 Å². The highest BCUT2D eigenvalue weighted by atomic mass is 16.6. The Kier molecular flexibility index (Phi) is 5.30. The van der Waals surface area contributed by atoms with E-state index in [9.17, 15) is 14.9 Å². The van der Waals surface area contributed by atoms with Crippen molar-refractivity contribution in [1.82, 2.24) is 0 Å². The molecular weight excluding hydrogens is 234 g/mol. The number of nitrogens with zero attached hydrogens (tertiary/aromatic N) is 1. The van der Waals surface area contributed by atoms with Gasteiger partial charge in [0.25, 0.3) is 0 Å². The summed E-state index contributed by atoms with van der Waals surface area (Å²) in [5, 5.41) is 11.1. The number of ether oxygens (including phenoxy) is 1. The third-order valence-corrected chi connectivity index (χ3v) is 2.93. The Balaban J connectivity index is 2.71. The highest BCUT2D eigenvalue weighted by molar-refractivity contribution is 5.69. The molecule has 98 valence electrons. The van der Waals surface area contributed by atoms with E-state index < -0.39 is 12.0 Å². The first-order chi connectivity index (χ1) is 8.54. The molecule has 0 aliphatic rings. The molecule has 0 N–H and O–H groups in total. The SMILES string of the molecule is COC(=O)C[C@H](C)[C@H](Cc1ccccc1)[N+](=O)[O-]. The largest absolute Gasteiger partial charge is 0.469 e. The lowest BCUT2D eigenvalue weighted by Gasteiger charge is -2.16. The second-order valence-electron chi connectivity index (χ2n) is 4.30. The van der Waals surface area contributed by atoms with Crippen molar-refractivity contribution in [3.63, 3.8) is 0 Å². The smallest absolute Gasteiger partial charge is 0.306 e. The second-order valence-corrected chi connectivity index (χ2v) is 4.30. The van der Waals surface area contributed by atoms with Crippen molar-refractivity contribution in [2.45, 2.75) is 25.8 Å². The highest BCUT2D eigenvalue weighted by Gasteiger charge is 2.30. The van der Waals surface area contributed by atoms with Gasteiger partial charge in [0.1, 0.15) is 0 Å². The summed E-state index contributed by atoms with van der Waals surface area (Å²) in [7, 11) is 1.29. The Morgan fingerprint density at radius 1 is 1.39 bits per heavy atom. The van der Waals surface area contributed by atoms with Crippen LogP contribution in [-0.4, -0.2) is 24.0 Å². The van der Waals surface area contributed by atoms with Gasteiger partial charge in [0.15, 0.2) is 0 Å². The molecule has 18 heavy (non-hydrogen) atoms. The zero-order valence-electron chi connectivity index (χ0n) is 10.5. The molecule has 5 nitrogen and oxygen atoms in total. The van der Waals surface area contributed by atoms with Crippen LogP contribution < -0.4 is 0 Å². The van der Waals surface area contributed by atoms with Gasteiger partial charge in [0.05, 0.1) is 13.5 Å². The van der Waals surface area contributed by atoms with Crippen LogP contribution in [0.2, 0.25) is 0 Å². The van der Waals surface area contributed by atoms with E-state index >= 15 is 0 Å². The number of carbonyl (C=O) groups is 1. The first-order valence-electron chi connectivity index (χ1n) is 5.78. The normalized spacial score (nSPS) is 13.7. The summed E-state index contributed by atoms with van der Waals surface area (Å²) < 4.78 is 4.54. The van der Waals surface area contributed by atoms with Crippen LogP contribution >= 0.6 is 0 Å². The van der Waals surface area contributed by atoms with Crippen molar-refractivity contribution < 1.29 is 14.5 Å². The lowest BCUT2D eigenvalue weighted by Crippen LogP contribution is -2.31. The molecule has 0 aliphatic heterocycles. The van der Waals surface area contributed by atoms with Gasteiger partial charge >= 0.3 is 5.97 Å². The summed E-state index contributed by atoms with van der Waals surface area (Å²) in [4.78, 5) is 21.9. The van der Waals surface area contributed by atoms with Gasteiger partial charge < -0.3 is 4.74 Å². The lowest BCUT2D eigenvalue weighted by molar-refractivity contribution is -0.531. The quantitative estimate of drug-likeness (QED) is 0.441. The molecule has 5 heteroatoms. The zero-order valence-corrected chi connectivity index (χ0v) is 10.5. The summed E-state index contributed by atoms with van der Waals surface area (Å²) in [5.74, 6) is -0.768. The van der Waals surface area contributed by atoms with E-state index in [1.807, 2.05) is 30.3 Å². The average Bonchev–Trinajstić information content (AvgIpc) is 2.36. The first-order valence-corrected chi connectivity index (χ1v) is 5.78. The molecule has 2 atom stereocenters. The molecule has 1 aromatic rings. The van der Waals surface area contributed by atoms with Crippen molar-refractivity contribution in [3.05, 3.63) is 46.0 Å². The molecule has 1 rings (SSSR count). The Bertz CT molecular complexity index is 405. The van der Waals surface area contributed by atoms with Gasteiger partial charge in [0.2, 0.25) is 6.04 Å². The van der Waals surface area contributed by atoms with E-state index in [0.29, 0.717) is 6.42 Å². The number of esters is 1. The van der Waals surface area contributed by atoms with Crippen LogP contribution in [0.4, 0.5) is 0 Å². The topological polar surface area (TPSA) is 69.4 Å². The van der Waals surface area contributed by atoms with Crippen LogP contribution in [0.5, 0.6) is 0 Å². The first kappa shape index (κ1) is 14.2. The van der Waals surface area contributed by atoms with Crippen LogP contribution in [0.3, 0.4) is 0 Å². The van der Waals surface area contributed by atoms with Crippen LogP contribution in [0.1, 0.15) is 18.9 Å². The number of carbonyl (C=O) groups excluding carboxylic acids is 1. The fourth-order valence-electron chi connectivity index (χ4n) is 1.82.